The fraction of sp³-hybridized carbons (Fsp3) is 0.357. The van der Waals surface area contributed by atoms with E-state index in [9.17, 15) is 9.18 Å². The van der Waals surface area contributed by atoms with Gasteiger partial charge >= 0.3 is 0 Å². The molecule has 0 fully saturated rings. The highest BCUT2D eigenvalue weighted by atomic mass is 19.1. The zero-order valence-electron chi connectivity index (χ0n) is 10.8. The van der Waals surface area contributed by atoms with Gasteiger partial charge in [0.05, 0.1) is 6.04 Å². The van der Waals surface area contributed by atoms with Gasteiger partial charge in [-0.15, -0.1) is 6.58 Å². The van der Waals surface area contributed by atoms with Crippen LogP contribution >= 0.6 is 0 Å². The quantitative estimate of drug-likeness (QED) is 0.783. The van der Waals surface area contributed by atoms with Crippen molar-refractivity contribution in [2.75, 3.05) is 13.6 Å². The molecular formula is C14H19FN2O. The molecule has 0 aliphatic heterocycles. The predicted octanol–water partition coefficient (Wildman–Crippen LogP) is 1.95. The summed E-state index contributed by atoms with van der Waals surface area (Å²) in [6, 6.07) is 6.05. The van der Waals surface area contributed by atoms with E-state index in [4.69, 9.17) is 0 Å². The van der Waals surface area contributed by atoms with Crippen molar-refractivity contribution in [1.82, 2.24) is 10.2 Å². The minimum absolute atomic E-state index is 0.0421. The second kappa shape index (κ2) is 6.91. The molecule has 1 unspecified atom stereocenters. The second-order valence-corrected chi connectivity index (χ2v) is 4.25. The average Bonchev–Trinajstić information content (AvgIpc) is 2.37. The van der Waals surface area contributed by atoms with Crippen LogP contribution in [0.1, 0.15) is 12.5 Å². The molecule has 1 N–H and O–H groups in total. The molecule has 4 heteroatoms. The molecule has 0 bridgehead atoms. The van der Waals surface area contributed by atoms with Crippen molar-refractivity contribution >= 4 is 5.91 Å². The van der Waals surface area contributed by atoms with Crippen molar-refractivity contribution in [1.29, 1.82) is 0 Å². The Kier molecular flexibility index (Phi) is 5.52. The lowest BCUT2D eigenvalue weighted by atomic mass is 10.2. The molecule has 0 aromatic heterocycles. The smallest absolute Gasteiger partial charge is 0.237 e. The van der Waals surface area contributed by atoms with Crippen molar-refractivity contribution in [3.05, 3.63) is 48.3 Å². The summed E-state index contributed by atoms with van der Waals surface area (Å²) in [4.78, 5) is 13.6. The highest BCUT2D eigenvalue weighted by Gasteiger charge is 2.17. The summed E-state index contributed by atoms with van der Waals surface area (Å²) in [7, 11) is 1.86. The van der Waals surface area contributed by atoms with Crippen molar-refractivity contribution in [2.24, 2.45) is 0 Å². The van der Waals surface area contributed by atoms with E-state index in [1.807, 2.05) is 18.9 Å². The van der Waals surface area contributed by atoms with Gasteiger partial charge in [0.1, 0.15) is 5.82 Å². The number of carbonyl (C=O) groups excluding carboxylic acids is 1. The van der Waals surface area contributed by atoms with Crippen LogP contribution in [0, 0.1) is 5.82 Å². The van der Waals surface area contributed by atoms with Gasteiger partial charge in [0, 0.05) is 13.1 Å². The first-order valence-corrected chi connectivity index (χ1v) is 5.88. The molecule has 0 spiro atoms. The first-order chi connectivity index (χ1) is 8.54. The van der Waals surface area contributed by atoms with E-state index in [-0.39, 0.29) is 17.8 Å². The van der Waals surface area contributed by atoms with Gasteiger partial charge in [-0.25, -0.2) is 4.39 Å². The number of nitrogens with one attached hydrogen (secondary N) is 1. The van der Waals surface area contributed by atoms with Crippen LogP contribution in [0.5, 0.6) is 0 Å². The van der Waals surface area contributed by atoms with Crippen LogP contribution in [0.4, 0.5) is 4.39 Å². The maximum absolute atomic E-state index is 12.8. The Balaban J connectivity index is 2.53. The summed E-state index contributed by atoms with van der Waals surface area (Å²) in [5.41, 5.74) is 0.974. The Morgan fingerprint density at radius 1 is 1.50 bits per heavy atom. The summed E-state index contributed by atoms with van der Waals surface area (Å²) in [6.07, 6.45) is 1.64. The van der Waals surface area contributed by atoms with E-state index >= 15 is 0 Å². The van der Waals surface area contributed by atoms with Gasteiger partial charge in [-0.3, -0.25) is 9.69 Å². The Labute approximate surface area is 107 Å². The summed E-state index contributed by atoms with van der Waals surface area (Å²) >= 11 is 0. The Morgan fingerprint density at radius 2 is 2.11 bits per heavy atom. The molecule has 98 valence electrons. The van der Waals surface area contributed by atoms with Gasteiger partial charge in [-0.05, 0) is 31.7 Å². The third-order valence-electron chi connectivity index (χ3n) is 2.81. The lowest BCUT2D eigenvalue weighted by molar-refractivity contribution is -0.125. The number of likely N-dealkylation sites (N-methyl/N-ethyl adjacent to an activating group) is 1. The highest BCUT2D eigenvalue weighted by Crippen LogP contribution is 2.07. The summed E-state index contributed by atoms with van der Waals surface area (Å²) < 4.78 is 12.8. The molecule has 1 rings (SSSR count). The van der Waals surface area contributed by atoms with Crippen molar-refractivity contribution in [3.63, 3.8) is 0 Å². The molecule has 18 heavy (non-hydrogen) atoms. The third kappa shape index (κ3) is 4.30. The van der Waals surface area contributed by atoms with Crippen molar-refractivity contribution < 1.29 is 9.18 Å². The minimum Gasteiger partial charge on any atom is -0.351 e. The number of rotatable bonds is 6. The SMILES string of the molecule is C=CCNC(=O)C(C)N(C)Cc1ccc(F)cc1. The second-order valence-electron chi connectivity index (χ2n) is 4.25. The topological polar surface area (TPSA) is 32.3 Å². The van der Waals surface area contributed by atoms with Gasteiger partial charge in [0.2, 0.25) is 5.91 Å². The number of hydrogen-bond donors (Lipinski definition) is 1. The molecule has 1 atom stereocenters. The minimum atomic E-state index is -0.252. The molecule has 3 nitrogen and oxygen atoms in total. The van der Waals surface area contributed by atoms with Crippen LogP contribution in [0.2, 0.25) is 0 Å². The number of hydrogen-bond acceptors (Lipinski definition) is 2. The monoisotopic (exact) mass is 250 g/mol. The van der Waals surface area contributed by atoms with Gasteiger partial charge in [0.15, 0.2) is 0 Å². The molecule has 1 amide bonds. The zero-order chi connectivity index (χ0) is 13.5. The first-order valence-electron chi connectivity index (χ1n) is 5.88. The van der Waals surface area contributed by atoms with E-state index in [0.29, 0.717) is 13.1 Å². The average molecular weight is 250 g/mol. The van der Waals surface area contributed by atoms with Gasteiger partial charge in [-0.1, -0.05) is 18.2 Å². The molecule has 0 aliphatic rings. The Morgan fingerprint density at radius 3 is 2.67 bits per heavy atom. The van der Waals surface area contributed by atoms with E-state index < -0.39 is 0 Å². The van der Waals surface area contributed by atoms with Crippen LogP contribution in [0.3, 0.4) is 0 Å². The van der Waals surface area contributed by atoms with Crippen molar-refractivity contribution in [2.45, 2.75) is 19.5 Å². The molecular weight excluding hydrogens is 231 g/mol. The molecule has 0 saturated heterocycles. The fourth-order valence-corrected chi connectivity index (χ4v) is 1.54. The molecule has 0 aliphatic carbocycles. The number of amides is 1. The maximum Gasteiger partial charge on any atom is 0.237 e. The van der Waals surface area contributed by atoms with Gasteiger partial charge in [0.25, 0.3) is 0 Å². The zero-order valence-corrected chi connectivity index (χ0v) is 10.8. The largest absolute Gasteiger partial charge is 0.351 e. The van der Waals surface area contributed by atoms with Crippen molar-refractivity contribution in [3.8, 4) is 0 Å². The maximum atomic E-state index is 12.8. The number of benzene rings is 1. The van der Waals surface area contributed by atoms with Crippen LogP contribution < -0.4 is 5.32 Å². The lowest BCUT2D eigenvalue weighted by Gasteiger charge is -2.23. The van der Waals surface area contributed by atoms with E-state index in [2.05, 4.69) is 11.9 Å². The Bertz CT molecular complexity index is 403. The highest BCUT2D eigenvalue weighted by molar-refractivity contribution is 5.81. The molecule has 0 saturated carbocycles. The fourth-order valence-electron chi connectivity index (χ4n) is 1.54. The van der Waals surface area contributed by atoms with E-state index in [1.165, 1.54) is 12.1 Å². The van der Waals surface area contributed by atoms with Gasteiger partial charge in [-0.2, -0.15) is 0 Å². The standard InChI is InChI=1S/C14H19FN2O/c1-4-9-16-14(18)11(2)17(3)10-12-5-7-13(15)8-6-12/h4-8,11H,1,9-10H2,2-3H3,(H,16,18). The molecule has 1 aromatic rings. The Hall–Kier alpha value is -1.68. The summed E-state index contributed by atoms with van der Waals surface area (Å²) in [5, 5.41) is 2.75. The molecule has 0 heterocycles. The molecule has 0 radical (unpaired) electrons. The number of nitrogens with zero attached hydrogens (tertiary/aromatic N) is 1. The summed E-state index contributed by atoms with van der Waals surface area (Å²) in [5.74, 6) is -0.294. The summed E-state index contributed by atoms with van der Waals surface area (Å²) in [6.45, 7) is 6.45. The van der Waals surface area contributed by atoms with Crippen LogP contribution in [-0.2, 0) is 11.3 Å². The van der Waals surface area contributed by atoms with Crippen LogP contribution in [0.25, 0.3) is 0 Å². The lowest BCUT2D eigenvalue weighted by Crippen LogP contribution is -2.42. The predicted molar refractivity (Wildman–Crippen MR) is 70.5 cm³/mol. The normalized spacial score (nSPS) is 12.2. The van der Waals surface area contributed by atoms with E-state index in [0.717, 1.165) is 5.56 Å². The van der Waals surface area contributed by atoms with E-state index in [1.54, 1.807) is 18.2 Å². The van der Waals surface area contributed by atoms with Crippen LogP contribution in [0.15, 0.2) is 36.9 Å². The number of carbonyl (C=O) groups is 1. The first kappa shape index (κ1) is 14.4. The van der Waals surface area contributed by atoms with Crippen LogP contribution in [-0.4, -0.2) is 30.4 Å². The number of halogens is 1. The third-order valence-corrected chi connectivity index (χ3v) is 2.81. The molecule has 1 aromatic carbocycles. The van der Waals surface area contributed by atoms with Gasteiger partial charge < -0.3 is 5.32 Å².